The van der Waals surface area contributed by atoms with Crippen molar-refractivity contribution in [3.05, 3.63) is 94.0 Å². The Morgan fingerprint density at radius 2 is 1.68 bits per heavy atom. The quantitative estimate of drug-likeness (QED) is 0.294. The first-order chi connectivity index (χ1) is 16.1. The van der Waals surface area contributed by atoms with Crippen LogP contribution < -0.4 is 9.62 Å². The van der Waals surface area contributed by atoms with Crippen LogP contribution >= 0.6 is 0 Å². The first-order valence-corrected chi connectivity index (χ1v) is 11.4. The number of nitro groups is 1. The maximum Gasteiger partial charge on any atom is 0.338 e. The third-order valence-corrected chi connectivity index (χ3v) is 6.60. The van der Waals surface area contributed by atoms with Gasteiger partial charge < -0.3 is 10.1 Å². The second-order valence-electron chi connectivity index (χ2n) is 7.26. The third kappa shape index (κ3) is 5.75. The third-order valence-electron chi connectivity index (χ3n) is 4.82. The number of benzene rings is 3. The molecule has 0 saturated heterocycles. The molecule has 0 aromatic heterocycles. The molecule has 0 atom stereocenters. The van der Waals surface area contributed by atoms with Crippen LogP contribution in [0.4, 0.5) is 17.1 Å². The maximum absolute atomic E-state index is 13.0. The maximum atomic E-state index is 13.0. The van der Waals surface area contributed by atoms with Gasteiger partial charge in [-0.1, -0.05) is 23.8 Å². The highest BCUT2D eigenvalue weighted by Gasteiger charge is 2.23. The van der Waals surface area contributed by atoms with Crippen molar-refractivity contribution in [2.75, 3.05) is 23.3 Å². The summed E-state index contributed by atoms with van der Waals surface area (Å²) in [5.74, 6) is -1.54. The van der Waals surface area contributed by atoms with E-state index in [2.05, 4.69) is 5.32 Å². The van der Waals surface area contributed by atoms with E-state index >= 15 is 0 Å². The van der Waals surface area contributed by atoms with Crippen LogP contribution in [-0.2, 0) is 19.6 Å². The molecule has 0 heterocycles. The Morgan fingerprint density at radius 3 is 2.29 bits per heavy atom. The lowest BCUT2D eigenvalue weighted by Gasteiger charge is -2.20. The molecule has 10 nitrogen and oxygen atoms in total. The smallest absolute Gasteiger partial charge is 0.338 e. The van der Waals surface area contributed by atoms with Gasteiger partial charge >= 0.3 is 5.97 Å². The highest BCUT2D eigenvalue weighted by Crippen LogP contribution is 2.23. The number of rotatable bonds is 8. The second-order valence-corrected chi connectivity index (χ2v) is 9.23. The molecule has 0 aliphatic rings. The summed E-state index contributed by atoms with van der Waals surface area (Å²) in [6.07, 6.45) is 0. The van der Waals surface area contributed by atoms with E-state index in [0.717, 1.165) is 9.87 Å². The molecule has 0 radical (unpaired) electrons. The van der Waals surface area contributed by atoms with Crippen LogP contribution in [-0.4, -0.2) is 38.9 Å². The van der Waals surface area contributed by atoms with Crippen molar-refractivity contribution >= 4 is 39.0 Å². The number of carbonyl (C=O) groups is 2. The van der Waals surface area contributed by atoms with Gasteiger partial charge in [0.1, 0.15) is 0 Å². The zero-order chi connectivity index (χ0) is 24.9. The number of nitro benzene ring substituents is 1. The molecule has 3 aromatic carbocycles. The van der Waals surface area contributed by atoms with Crippen molar-refractivity contribution in [1.29, 1.82) is 0 Å². The molecule has 1 amide bonds. The van der Waals surface area contributed by atoms with Crippen LogP contribution in [0.25, 0.3) is 0 Å². The summed E-state index contributed by atoms with van der Waals surface area (Å²) in [6, 6.07) is 17.4. The molecule has 0 fully saturated rings. The van der Waals surface area contributed by atoms with Crippen molar-refractivity contribution in [2.45, 2.75) is 11.8 Å². The lowest BCUT2D eigenvalue weighted by atomic mass is 10.2. The van der Waals surface area contributed by atoms with Gasteiger partial charge in [-0.15, -0.1) is 0 Å². The van der Waals surface area contributed by atoms with E-state index in [1.54, 1.807) is 24.3 Å². The predicted molar refractivity (Wildman–Crippen MR) is 125 cm³/mol. The number of ether oxygens (including phenoxy) is 1. The first kappa shape index (κ1) is 24.4. The van der Waals surface area contributed by atoms with Crippen molar-refractivity contribution < 1.29 is 27.7 Å². The molecule has 0 bridgehead atoms. The zero-order valence-corrected chi connectivity index (χ0v) is 19.1. The Morgan fingerprint density at radius 1 is 1.03 bits per heavy atom. The number of nitrogens with zero attached hydrogens (tertiary/aromatic N) is 2. The Labute approximate surface area is 196 Å². The lowest BCUT2D eigenvalue weighted by molar-refractivity contribution is -0.384. The molecule has 1 N–H and O–H groups in total. The number of carbonyl (C=O) groups excluding carboxylic acids is 2. The van der Waals surface area contributed by atoms with Crippen LogP contribution in [0, 0.1) is 17.0 Å². The molecule has 176 valence electrons. The number of amides is 1. The molecule has 0 unspecified atom stereocenters. The van der Waals surface area contributed by atoms with Crippen LogP contribution in [0.2, 0.25) is 0 Å². The topological polar surface area (TPSA) is 136 Å². The molecule has 0 saturated carbocycles. The number of anilines is 2. The highest BCUT2D eigenvalue weighted by molar-refractivity contribution is 7.92. The van der Waals surface area contributed by atoms with E-state index in [0.29, 0.717) is 11.4 Å². The highest BCUT2D eigenvalue weighted by atomic mass is 32.2. The number of aryl methyl sites for hydroxylation is 1. The summed E-state index contributed by atoms with van der Waals surface area (Å²) in [7, 11) is -2.53. The van der Waals surface area contributed by atoms with Crippen molar-refractivity contribution in [3.8, 4) is 0 Å². The monoisotopic (exact) mass is 483 g/mol. The number of nitrogens with one attached hydrogen (secondary N) is 1. The van der Waals surface area contributed by atoms with Crippen LogP contribution in [0.15, 0.2) is 77.7 Å². The number of hydrogen-bond acceptors (Lipinski definition) is 7. The Bertz CT molecular complexity index is 1320. The molecule has 0 spiro atoms. The largest absolute Gasteiger partial charge is 0.452 e. The Balaban J connectivity index is 1.65. The molecular weight excluding hydrogens is 462 g/mol. The second kappa shape index (κ2) is 10.1. The summed E-state index contributed by atoms with van der Waals surface area (Å²) in [5, 5.41) is 13.1. The number of esters is 1. The van der Waals surface area contributed by atoms with E-state index in [9.17, 15) is 28.1 Å². The normalized spacial score (nSPS) is 10.9. The van der Waals surface area contributed by atoms with Gasteiger partial charge in [-0.05, 0) is 49.4 Å². The van der Waals surface area contributed by atoms with Gasteiger partial charge in [0.25, 0.3) is 21.6 Å². The van der Waals surface area contributed by atoms with Gasteiger partial charge in [0.05, 0.1) is 21.1 Å². The van der Waals surface area contributed by atoms with Crippen LogP contribution in [0.1, 0.15) is 15.9 Å². The molecule has 3 rings (SSSR count). The Hall–Kier alpha value is -4.25. The summed E-state index contributed by atoms with van der Waals surface area (Å²) in [6.45, 7) is 1.26. The summed E-state index contributed by atoms with van der Waals surface area (Å²) in [4.78, 5) is 34.4. The zero-order valence-electron chi connectivity index (χ0n) is 18.3. The average Bonchev–Trinajstić information content (AvgIpc) is 2.83. The van der Waals surface area contributed by atoms with Crippen LogP contribution in [0.5, 0.6) is 0 Å². The van der Waals surface area contributed by atoms with E-state index < -0.39 is 33.4 Å². The minimum absolute atomic E-state index is 0.0403. The minimum atomic E-state index is -3.94. The van der Waals surface area contributed by atoms with Gasteiger partial charge in [0.15, 0.2) is 6.61 Å². The average molecular weight is 484 g/mol. The fourth-order valence-corrected chi connectivity index (χ4v) is 4.15. The van der Waals surface area contributed by atoms with E-state index in [1.165, 1.54) is 55.6 Å². The fourth-order valence-electron chi connectivity index (χ4n) is 2.91. The molecule has 0 aliphatic carbocycles. The molecule has 0 aliphatic heterocycles. The van der Waals surface area contributed by atoms with E-state index in [1.807, 2.05) is 6.92 Å². The predicted octanol–water partition coefficient (Wildman–Crippen LogP) is 3.52. The lowest BCUT2D eigenvalue weighted by Crippen LogP contribution is -2.27. The van der Waals surface area contributed by atoms with Gasteiger partial charge in [-0.3, -0.25) is 19.2 Å². The summed E-state index contributed by atoms with van der Waals surface area (Å²) < 4.78 is 32.1. The SMILES string of the molecule is Cc1ccc(N(C)S(=O)(=O)c2cccc(C(=O)OCC(=O)Nc3ccc([N+](=O)[O-])cc3)c2)cc1. The standard InChI is InChI=1S/C23H21N3O7S/c1-16-6-10-19(11-7-16)25(2)34(31,32)21-5-3-4-17(14-21)23(28)33-15-22(27)24-18-8-12-20(13-9-18)26(29)30/h3-14H,15H2,1-2H3,(H,24,27). The van der Waals surface area contributed by atoms with Crippen molar-refractivity contribution in [2.24, 2.45) is 0 Å². The van der Waals surface area contributed by atoms with Gasteiger partial charge in [-0.2, -0.15) is 0 Å². The first-order valence-electron chi connectivity index (χ1n) is 9.95. The minimum Gasteiger partial charge on any atom is -0.452 e. The molecule has 3 aromatic rings. The summed E-state index contributed by atoms with van der Waals surface area (Å²) in [5.41, 5.74) is 1.56. The van der Waals surface area contributed by atoms with E-state index in [-0.39, 0.29) is 16.1 Å². The fraction of sp³-hybridized carbons (Fsp3) is 0.130. The van der Waals surface area contributed by atoms with Crippen molar-refractivity contribution in [3.63, 3.8) is 0 Å². The molecule has 11 heteroatoms. The molecule has 34 heavy (non-hydrogen) atoms. The van der Waals surface area contributed by atoms with Gasteiger partial charge in [0.2, 0.25) is 0 Å². The number of hydrogen-bond donors (Lipinski definition) is 1. The number of non-ortho nitro benzene ring substituents is 1. The van der Waals surface area contributed by atoms with Gasteiger partial charge in [0, 0.05) is 24.9 Å². The van der Waals surface area contributed by atoms with Crippen LogP contribution in [0.3, 0.4) is 0 Å². The van der Waals surface area contributed by atoms with Crippen molar-refractivity contribution in [1.82, 2.24) is 0 Å². The van der Waals surface area contributed by atoms with E-state index in [4.69, 9.17) is 4.74 Å². The molecular formula is C23H21N3O7S. The van der Waals surface area contributed by atoms with Gasteiger partial charge in [-0.25, -0.2) is 13.2 Å². The Kier molecular flexibility index (Phi) is 7.27. The summed E-state index contributed by atoms with van der Waals surface area (Å²) >= 11 is 0. The number of sulfonamides is 1.